The first-order chi connectivity index (χ1) is 11.2. The van der Waals surface area contributed by atoms with Gasteiger partial charge in [-0.15, -0.1) is 0 Å². The van der Waals surface area contributed by atoms with Crippen molar-refractivity contribution >= 4 is 29.2 Å². The van der Waals surface area contributed by atoms with Crippen molar-refractivity contribution in [3.8, 4) is 22.9 Å². The van der Waals surface area contributed by atoms with E-state index >= 15 is 0 Å². The van der Waals surface area contributed by atoms with E-state index < -0.39 is 30.9 Å². The summed E-state index contributed by atoms with van der Waals surface area (Å²) in [5.41, 5.74) is -0.445. The molecule has 6 nitrogen and oxygen atoms in total. The Morgan fingerprint density at radius 3 is 2.67 bits per heavy atom. The van der Waals surface area contributed by atoms with E-state index in [9.17, 15) is 23.1 Å². The fraction of sp³-hybridized carbons (Fsp3) is 0.231. The second kappa shape index (κ2) is 7.18. The number of benzene rings is 1. The van der Waals surface area contributed by atoms with E-state index in [-0.39, 0.29) is 27.1 Å². The van der Waals surface area contributed by atoms with E-state index in [0.29, 0.717) is 0 Å². The lowest BCUT2D eigenvalue weighted by Gasteiger charge is -2.10. The molecule has 0 spiro atoms. The van der Waals surface area contributed by atoms with Crippen LogP contribution < -0.4 is 14.6 Å². The lowest BCUT2D eigenvalue weighted by Crippen LogP contribution is -2.29. The maximum atomic E-state index is 14.1. The molecule has 130 valence electrons. The van der Waals surface area contributed by atoms with Crippen LogP contribution in [0.1, 0.15) is 0 Å². The van der Waals surface area contributed by atoms with E-state index in [1.54, 1.807) is 0 Å². The van der Waals surface area contributed by atoms with Crippen molar-refractivity contribution in [2.75, 3.05) is 6.61 Å². The number of aryl methyl sites for hydroxylation is 1. The van der Waals surface area contributed by atoms with Crippen molar-refractivity contribution in [2.45, 2.75) is 6.61 Å². The smallest absolute Gasteiger partial charge is 0.388 e. The van der Waals surface area contributed by atoms with Gasteiger partial charge in [-0.1, -0.05) is 23.2 Å². The number of nitrogens with zero attached hydrogens (tertiary/aromatic N) is 2. The van der Waals surface area contributed by atoms with Crippen LogP contribution in [0.25, 0.3) is 11.3 Å². The second-order valence-corrected chi connectivity index (χ2v) is 5.18. The number of carbonyl (C=O) groups is 1. The molecule has 2 aromatic rings. The number of carbonyl (C=O) groups excluding carboxylic acids is 1. The molecule has 0 N–H and O–H groups in total. The van der Waals surface area contributed by atoms with Crippen LogP contribution in [-0.4, -0.2) is 29.0 Å². The van der Waals surface area contributed by atoms with E-state index in [0.717, 1.165) is 16.8 Å². The van der Waals surface area contributed by atoms with Crippen LogP contribution in [0.15, 0.2) is 12.1 Å². The third-order valence-corrected chi connectivity index (χ3v) is 3.40. The van der Waals surface area contributed by atoms with Crippen LogP contribution >= 0.6 is 23.2 Å². The number of rotatable bonds is 6. The molecule has 2 rings (SSSR count). The first-order valence-corrected chi connectivity index (χ1v) is 6.95. The van der Waals surface area contributed by atoms with Gasteiger partial charge in [0.2, 0.25) is 5.88 Å². The Labute approximate surface area is 143 Å². The molecule has 0 amide bonds. The fourth-order valence-electron chi connectivity index (χ4n) is 1.83. The normalized spacial score (nSPS) is 11.0. The van der Waals surface area contributed by atoms with Gasteiger partial charge in [0.05, 0.1) is 11.0 Å². The fourth-order valence-corrected chi connectivity index (χ4v) is 2.34. The summed E-state index contributed by atoms with van der Waals surface area (Å²) in [6, 6.07) is 1.89. The summed E-state index contributed by atoms with van der Waals surface area (Å²) in [5, 5.41) is 13.7. The minimum atomic E-state index is -3.15. The topological polar surface area (TPSA) is 76.4 Å². The number of halogens is 5. The van der Waals surface area contributed by atoms with Crippen molar-refractivity contribution in [1.29, 1.82) is 0 Å². The zero-order valence-corrected chi connectivity index (χ0v) is 13.4. The third-order valence-electron chi connectivity index (χ3n) is 2.76. The number of aliphatic carboxylic acids is 1. The number of ether oxygens (including phenoxy) is 2. The van der Waals surface area contributed by atoms with Crippen LogP contribution in [0.2, 0.25) is 10.0 Å². The number of alkyl halides is 2. The van der Waals surface area contributed by atoms with Gasteiger partial charge in [-0.05, 0) is 12.1 Å². The minimum absolute atomic E-state index is 0.171. The molecule has 1 heterocycles. The van der Waals surface area contributed by atoms with Gasteiger partial charge in [-0.25, -0.2) is 9.07 Å². The number of carboxylic acid groups (broad SMARTS) is 1. The summed E-state index contributed by atoms with van der Waals surface area (Å²) in [6.07, 6.45) is 0. The first-order valence-electron chi connectivity index (χ1n) is 6.20. The molecule has 24 heavy (non-hydrogen) atoms. The molecule has 0 aliphatic carbocycles. The third kappa shape index (κ3) is 3.85. The Morgan fingerprint density at radius 1 is 1.42 bits per heavy atom. The van der Waals surface area contributed by atoms with E-state index in [2.05, 4.69) is 9.84 Å². The molecule has 0 atom stereocenters. The molecule has 0 radical (unpaired) electrons. The largest absolute Gasteiger partial charge is 0.546 e. The summed E-state index contributed by atoms with van der Waals surface area (Å²) in [7, 11) is 1.27. The molecule has 0 bridgehead atoms. The van der Waals surface area contributed by atoms with E-state index in [4.69, 9.17) is 27.9 Å². The van der Waals surface area contributed by atoms with Gasteiger partial charge in [0, 0.05) is 12.6 Å². The van der Waals surface area contributed by atoms with Gasteiger partial charge < -0.3 is 19.4 Å². The molecule has 1 aromatic carbocycles. The summed E-state index contributed by atoms with van der Waals surface area (Å²) in [4.78, 5) is 10.4. The highest BCUT2D eigenvalue weighted by Gasteiger charge is 2.23. The van der Waals surface area contributed by atoms with Gasteiger partial charge in [-0.3, -0.25) is 0 Å². The zero-order valence-electron chi connectivity index (χ0n) is 11.9. The van der Waals surface area contributed by atoms with Crippen LogP contribution in [0, 0.1) is 5.82 Å². The van der Waals surface area contributed by atoms with Gasteiger partial charge in [0.25, 0.3) is 0 Å². The summed E-state index contributed by atoms with van der Waals surface area (Å²) in [5.74, 6) is -3.02. The lowest BCUT2D eigenvalue weighted by molar-refractivity contribution is -0.307. The molecular formula is C13H8Cl2F3N2O4-. The number of carboxylic acids is 1. The quantitative estimate of drug-likeness (QED) is 0.764. The van der Waals surface area contributed by atoms with Crippen molar-refractivity contribution < 1.29 is 32.5 Å². The van der Waals surface area contributed by atoms with E-state index in [1.165, 1.54) is 7.05 Å². The maximum absolute atomic E-state index is 14.1. The van der Waals surface area contributed by atoms with Gasteiger partial charge in [0.15, 0.2) is 0 Å². The van der Waals surface area contributed by atoms with Crippen molar-refractivity contribution in [3.63, 3.8) is 0 Å². The maximum Gasteiger partial charge on any atom is 0.388 e. The first kappa shape index (κ1) is 18.2. The van der Waals surface area contributed by atoms with Crippen molar-refractivity contribution in [3.05, 3.63) is 28.0 Å². The minimum Gasteiger partial charge on any atom is -0.546 e. The van der Waals surface area contributed by atoms with Gasteiger partial charge in [-0.2, -0.15) is 13.9 Å². The van der Waals surface area contributed by atoms with E-state index in [1.807, 2.05) is 0 Å². The average molecular weight is 384 g/mol. The average Bonchev–Trinajstić information content (AvgIpc) is 2.74. The molecule has 0 saturated carbocycles. The number of aromatic nitrogens is 2. The Bertz CT molecular complexity index is 783. The highest BCUT2D eigenvalue weighted by Crippen LogP contribution is 2.39. The predicted octanol–water partition coefficient (Wildman–Crippen LogP) is 2.26. The molecule has 11 heteroatoms. The second-order valence-electron chi connectivity index (χ2n) is 4.39. The SMILES string of the molecule is Cn1nc(-c2cc(OCC(=O)[O-])c(Cl)cc2F)c(Cl)c1OC(F)F. The number of hydrogen-bond donors (Lipinski definition) is 0. The highest BCUT2D eigenvalue weighted by atomic mass is 35.5. The Hall–Kier alpha value is -2.13. The Balaban J connectivity index is 2.48. The molecule has 0 saturated heterocycles. The molecule has 0 fully saturated rings. The zero-order chi connectivity index (χ0) is 18.0. The van der Waals surface area contributed by atoms with Crippen molar-refractivity contribution in [1.82, 2.24) is 9.78 Å². The standard InChI is InChI=1S/C13H9Cl2F3N2O4/c1-20-12(24-13(17)18)10(15)11(19-20)5-2-8(23-4-9(21)22)6(14)3-7(5)16/h2-3,13H,4H2,1H3,(H,21,22)/p-1. The van der Waals surface area contributed by atoms with Crippen LogP contribution in [-0.2, 0) is 11.8 Å². The molecular weight excluding hydrogens is 376 g/mol. The van der Waals surface area contributed by atoms with Gasteiger partial charge in [0.1, 0.15) is 28.9 Å². The summed E-state index contributed by atoms with van der Waals surface area (Å²) < 4.78 is 48.9. The van der Waals surface area contributed by atoms with Crippen molar-refractivity contribution in [2.24, 2.45) is 7.05 Å². The highest BCUT2D eigenvalue weighted by molar-refractivity contribution is 6.34. The Kier molecular flexibility index (Phi) is 5.45. The number of hydrogen-bond acceptors (Lipinski definition) is 5. The lowest BCUT2D eigenvalue weighted by atomic mass is 10.1. The molecule has 0 aliphatic heterocycles. The van der Waals surface area contributed by atoms with Crippen LogP contribution in [0.3, 0.4) is 0 Å². The molecule has 0 aliphatic rings. The van der Waals surface area contributed by atoms with Gasteiger partial charge >= 0.3 is 6.61 Å². The Morgan fingerprint density at radius 2 is 2.08 bits per heavy atom. The predicted molar refractivity (Wildman–Crippen MR) is 75.8 cm³/mol. The van der Waals surface area contributed by atoms with Crippen LogP contribution in [0.4, 0.5) is 13.2 Å². The van der Waals surface area contributed by atoms with Crippen LogP contribution in [0.5, 0.6) is 11.6 Å². The monoisotopic (exact) mass is 383 g/mol. The molecule has 0 unspecified atom stereocenters. The summed E-state index contributed by atoms with van der Waals surface area (Å²) in [6.45, 7) is -3.97. The summed E-state index contributed by atoms with van der Waals surface area (Å²) >= 11 is 11.7. The molecule has 1 aromatic heterocycles.